The Morgan fingerprint density at radius 1 is 1.50 bits per heavy atom. The van der Waals surface area contributed by atoms with E-state index < -0.39 is 6.17 Å². The molecule has 1 fully saturated rings. The predicted octanol–water partition coefficient (Wildman–Crippen LogP) is 1.86. The van der Waals surface area contributed by atoms with Crippen molar-refractivity contribution in [3.05, 3.63) is 0 Å². The maximum atomic E-state index is 13.0. The van der Waals surface area contributed by atoms with Crippen LogP contribution in [0.4, 0.5) is 4.39 Å². The Morgan fingerprint density at radius 3 is 2.30 bits per heavy atom. The summed E-state index contributed by atoms with van der Waals surface area (Å²) in [6.07, 6.45) is 1.89. The van der Waals surface area contributed by atoms with E-state index in [0.29, 0.717) is 6.42 Å². The summed E-state index contributed by atoms with van der Waals surface area (Å²) in [5.41, 5.74) is 5.62. The fourth-order valence-electron chi connectivity index (χ4n) is 0.989. The van der Waals surface area contributed by atoms with Gasteiger partial charge in [0.25, 0.3) is 0 Å². The van der Waals surface area contributed by atoms with Crippen molar-refractivity contribution in [2.45, 2.75) is 44.8 Å². The highest BCUT2D eigenvalue weighted by Gasteiger charge is 2.40. The van der Waals surface area contributed by atoms with E-state index >= 15 is 0 Å². The van der Waals surface area contributed by atoms with Gasteiger partial charge in [-0.05, 0) is 25.2 Å². The van der Waals surface area contributed by atoms with Crippen LogP contribution < -0.4 is 5.73 Å². The van der Waals surface area contributed by atoms with Crippen LogP contribution in [-0.4, -0.2) is 11.7 Å². The summed E-state index contributed by atoms with van der Waals surface area (Å²) in [6.45, 7) is 3.80. The summed E-state index contributed by atoms with van der Waals surface area (Å²) < 4.78 is 13.0. The summed E-state index contributed by atoms with van der Waals surface area (Å²) in [5, 5.41) is 0. The monoisotopic (exact) mass is 145 g/mol. The first-order valence-corrected chi connectivity index (χ1v) is 3.96. The molecule has 1 atom stereocenters. The van der Waals surface area contributed by atoms with E-state index in [9.17, 15) is 4.39 Å². The van der Waals surface area contributed by atoms with Crippen LogP contribution in [0, 0.1) is 5.92 Å². The first-order chi connectivity index (χ1) is 4.53. The molecule has 0 saturated heterocycles. The molecule has 0 aliphatic heterocycles. The first-order valence-electron chi connectivity index (χ1n) is 3.96. The Labute approximate surface area is 61.8 Å². The second kappa shape index (κ2) is 2.50. The van der Waals surface area contributed by atoms with Gasteiger partial charge in [0.1, 0.15) is 6.17 Å². The van der Waals surface area contributed by atoms with Crippen LogP contribution in [0.2, 0.25) is 0 Å². The molecule has 2 heteroatoms. The minimum Gasteiger partial charge on any atom is -0.325 e. The van der Waals surface area contributed by atoms with Crippen LogP contribution >= 0.6 is 0 Å². The van der Waals surface area contributed by atoms with Gasteiger partial charge in [-0.2, -0.15) is 0 Å². The lowest BCUT2D eigenvalue weighted by atomic mass is 10.0. The van der Waals surface area contributed by atoms with Crippen LogP contribution in [0.1, 0.15) is 33.1 Å². The zero-order valence-corrected chi connectivity index (χ0v) is 6.73. The van der Waals surface area contributed by atoms with Gasteiger partial charge in [-0.3, -0.25) is 0 Å². The fourth-order valence-corrected chi connectivity index (χ4v) is 0.989. The van der Waals surface area contributed by atoms with Crippen molar-refractivity contribution in [1.82, 2.24) is 0 Å². The zero-order chi connectivity index (χ0) is 7.78. The van der Waals surface area contributed by atoms with Crippen molar-refractivity contribution in [3.8, 4) is 0 Å². The fraction of sp³-hybridized carbons (Fsp3) is 1.00. The van der Waals surface area contributed by atoms with E-state index in [4.69, 9.17) is 5.73 Å². The highest BCUT2D eigenvalue weighted by Crippen LogP contribution is 2.38. The quantitative estimate of drug-likeness (QED) is 0.644. The molecule has 60 valence electrons. The van der Waals surface area contributed by atoms with Gasteiger partial charge in [-0.25, -0.2) is 4.39 Å². The zero-order valence-electron chi connectivity index (χ0n) is 6.73. The molecule has 0 bridgehead atoms. The van der Waals surface area contributed by atoms with E-state index in [2.05, 4.69) is 0 Å². The van der Waals surface area contributed by atoms with E-state index in [0.717, 1.165) is 12.8 Å². The predicted molar refractivity (Wildman–Crippen MR) is 40.5 cm³/mol. The minimum atomic E-state index is -0.701. The molecule has 1 aliphatic rings. The van der Waals surface area contributed by atoms with Crippen LogP contribution in [-0.2, 0) is 0 Å². The highest BCUT2D eigenvalue weighted by atomic mass is 19.1. The molecule has 1 nitrogen and oxygen atoms in total. The molecule has 1 unspecified atom stereocenters. The third-order valence-corrected chi connectivity index (χ3v) is 2.22. The van der Waals surface area contributed by atoms with Gasteiger partial charge >= 0.3 is 0 Å². The van der Waals surface area contributed by atoms with Crippen molar-refractivity contribution in [1.29, 1.82) is 0 Å². The number of halogens is 1. The van der Waals surface area contributed by atoms with E-state index in [1.54, 1.807) is 0 Å². The molecule has 0 aromatic carbocycles. The molecule has 1 saturated carbocycles. The molecule has 1 aliphatic carbocycles. The average Bonchev–Trinajstić information content (AvgIpc) is 2.47. The Balaban J connectivity index is 2.24. The summed E-state index contributed by atoms with van der Waals surface area (Å²) >= 11 is 0. The molecule has 0 radical (unpaired) electrons. The van der Waals surface area contributed by atoms with Crippen molar-refractivity contribution >= 4 is 0 Å². The smallest absolute Gasteiger partial charge is 0.104 e. The topological polar surface area (TPSA) is 26.0 Å². The van der Waals surface area contributed by atoms with Crippen LogP contribution in [0.15, 0.2) is 0 Å². The lowest BCUT2D eigenvalue weighted by Gasteiger charge is -2.15. The lowest BCUT2D eigenvalue weighted by molar-refractivity contribution is 0.222. The Morgan fingerprint density at radius 2 is 2.00 bits per heavy atom. The molecule has 0 aromatic rings. The summed E-state index contributed by atoms with van der Waals surface area (Å²) in [4.78, 5) is 0. The van der Waals surface area contributed by atoms with Gasteiger partial charge in [-0.15, -0.1) is 0 Å². The van der Waals surface area contributed by atoms with Crippen molar-refractivity contribution in [2.75, 3.05) is 0 Å². The average molecular weight is 145 g/mol. The number of nitrogens with two attached hydrogens (primary N) is 1. The molecule has 0 heterocycles. The van der Waals surface area contributed by atoms with Crippen molar-refractivity contribution < 1.29 is 4.39 Å². The Bertz CT molecular complexity index is 118. The van der Waals surface area contributed by atoms with Crippen LogP contribution in [0.25, 0.3) is 0 Å². The normalized spacial score (nSPS) is 24.9. The van der Waals surface area contributed by atoms with Crippen molar-refractivity contribution in [2.24, 2.45) is 11.7 Å². The van der Waals surface area contributed by atoms with Gasteiger partial charge in [0, 0.05) is 5.54 Å². The maximum absolute atomic E-state index is 13.0. The summed E-state index contributed by atoms with van der Waals surface area (Å²) in [7, 11) is 0. The third kappa shape index (κ3) is 1.94. The Hall–Kier alpha value is -0.110. The van der Waals surface area contributed by atoms with Crippen molar-refractivity contribution in [3.63, 3.8) is 0 Å². The summed E-state index contributed by atoms with van der Waals surface area (Å²) in [6, 6.07) is 0. The SMILES string of the molecule is CC(C)C(F)CC1(N)CC1. The molecule has 0 spiro atoms. The minimum absolute atomic E-state index is 0.121. The Kier molecular flexibility index (Phi) is 1.99. The van der Waals surface area contributed by atoms with Gasteiger partial charge in [-0.1, -0.05) is 13.8 Å². The van der Waals surface area contributed by atoms with Gasteiger partial charge in [0.05, 0.1) is 0 Å². The standard InChI is InChI=1S/C8H16FN/c1-6(2)7(9)5-8(10)3-4-8/h6-7H,3-5,10H2,1-2H3. The second-order valence-corrected chi connectivity index (χ2v) is 3.83. The number of alkyl halides is 1. The number of rotatable bonds is 3. The van der Waals surface area contributed by atoms with Gasteiger partial charge < -0.3 is 5.73 Å². The van der Waals surface area contributed by atoms with Crippen LogP contribution in [0.5, 0.6) is 0 Å². The molecular weight excluding hydrogens is 129 g/mol. The van der Waals surface area contributed by atoms with Crippen LogP contribution in [0.3, 0.4) is 0 Å². The molecule has 0 aromatic heterocycles. The number of hydrogen-bond donors (Lipinski definition) is 1. The lowest BCUT2D eigenvalue weighted by Crippen LogP contribution is -2.28. The van der Waals surface area contributed by atoms with E-state index in [-0.39, 0.29) is 11.5 Å². The molecule has 2 N–H and O–H groups in total. The largest absolute Gasteiger partial charge is 0.325 e. The van der Waals surface area contributed by atoms with E-state index in [1.807, 2.05) is 13.8 Å². The second-order valence-electron chi connectivity index (χ2n) is 3.83. The highest BCUT2D eigenvalue weighted by molar-refractivity contribution is 5.00. The van der Waals surface area contributed by atoms with E-state index in [1.165, 1.54) is 0 Å². The first kappa shape index (κ1) is 7.99. The third-order valence-electron chi connectivity index (χ3n) is 2.22. The van der Waals surface area contributed by atoms with Gasteiger partial charge in [0.2, 0.25) is 0 Å². The molecule has 10 heavy (non-hydrogen) atoms. The maximum Gasteiger partial charge on any atom is 0.104 e. The molecular formula is C8H16FN. The van der Waals surface area contributed by atoms with Gasteiger partial charge in [0.15, 0.2) is 0 Å². The number of hydrogen-bond acceptors (Lipinski definition) is 1. The molecule has 1 rings (SSSR count). The summed E-state index contributed by atoms with van der Waals surface area (Å²) in [5.74, 6) is 0.126. The molecule has 0 amide bonds.